The Morgan fingerprint density at radius 1 is 1.27 bits per heavy atom. The first kappa shape index (κ1) is 11.1. The summed E-state index contributed by atoms with van der Waals surface area (Å²) < 4.78 is 0.881. The molecule has 1 aliphatic rings. The molecule has 15 heavy (non-hydrogen) atoms. The van der Waals surface area contributed by atoms with Crippen LogP contribution in [-0.2, 0) is 0 Å². The van der Waals surface area contributed by atoms with Gasteiger partial charge in [-0.1, -0.05) is 25.3 Å². The Morgan fingerprint density at radius 3 is 2.67 bits per heavy atom. The fourth-order valence-electron chi connectivity index (χ4n) is 2.34. The van der Waals surface area contributed by atoms with Crippen LogP contribution in [0.3, 0.4) is 0 Å². The van der Waals surface area contributed by atoms with Crippen LogP contribution >= 0.6 is 15.9 Å². The number of aromatic nitrogens is 1. The summed E-state index contributed by atoms with van der Waals surface area (Å²) in [6.45, 7) is 0. The number of nitrogens with two attached hydrogens (primary N) is 1. The lowest BCUT2D eigenvalue weighted by molar-refractivity contribution is 0.304. The van der Waals surface area contributed by atoms with Gasteiger partial charge in [-0.25, -0.2) is 4.98 Å². The highest BCUT2D eigenvalue weighted by Crippen LogP contribution is 2.32. The Morgan fingerprint density at radius 2 is 2.00 bits per heavy atom. The minimum atomic E-state index is 0.114. The van der Waals surface area contributed by atoms with Crippen molar-refractivity contribution >= 4 is 15.9 Å². The van der Waals surface area contributed by atoms with Gasteiger partial charge in [0, 0.05) is 6.04 Å². The maximum absolute atomic E-state index is 6.26. The molecule has 0 bridgehead atoms. The summed E-state index contributed by atoms with van der Waals surface area (Å²) in [5.41, 5.74) is 7.28. The zero-order chi connectivity index (χ0) is 10.7. The van der Waals surface area contributed by atoms with Crippen molar-refractivity contribution in [2.75, 3.05) is 0 Å². The van der Waals surface area contributed by atoms with Crippen LogP contribution < -0.4 is 5.73 Å². The van der Waals surface area contributed by atoms with Crippen LogP contribution in [0.15, 0.2) is 22.8 Å². The van der Waals surface area contributed by atoms with Crippen molar-refractivity contribution in [3.63, 3.8) is 0 Å². The minimum Gasteiger partial charge on any atom is -0.322 e. The predicted molar refractivity (Wildman–Crippen MR) is 65.4 cm³/mol. The maximum Gasteiger partial charge on any atom is 0.106 e. The lowest BCUT2D eigenvalue weighted by Crippen LogP contribution is -2.24. The van der Waals surface area contributed by atoms with Gasteiger partial charge >= 0.3 is 0 Å². The highest BCUT2D eigenvalue weighted by molar-refractivity contribution is 9.10. The molecule has 1 heterocycles. The molecule has 1 atom stereocenters. The molecule has 3 heteroatoms. The number of pyridine rings is 1. The normalized spacial score (nSPS) is 20.1. The number of nitrogens with zero attached hydrogens (tertiary/aromatic N) is 1. The third-order valence-corrected chi connectivity index (χ3v) is 3.68. The Bertz CT molecular complexity index is 321. The lowest BCUT2D eigenvalue weighted by Gasteiger charge is -2.27. The van der Waals surface area contributed by atoms with Gasteiger partial charge < -0.3 is 5.73 Å². The molecule has 1 aromatic heterocycles. The molecule has 0 aliphatic heterocycles. The number of halogens is 1. The Labute approximate surface area is 99.4 Å². The summed E-state index contributed by atoms with van der Waals surface area (Å²) >= 11 is 3.39. The number of hydrogen-bond donors (Lipinski definition) is 1. The molecule has 82 valence electrons. The first-order valence-corrected chi connectivity index (χ1v) is 6.45. The summed E-state index contributed by atoms with van der Waals surface area (Å²) in [4.78, 5) is 4.44. The second-order valence-electron chi connectivity index (χ2n) is 4.31. The van der Waals surface area contributed by atoms with E-state index in [2.05, 4.69) is 20.9 Å². The van der Waals surface area contributed by atoms with Crippen LogP contribution in [0.4, 0.5) is 0 Å². The highest BCUT2D eigenvalue weighted by Gasteiger charge is 2.22. The molecule has 0 saturated heterocycles. The van der Waals surface area contributed by atoms with Crippen molar-refractivity contribution < 1.29 is 0 Å². The smallest absolute Gasteiger partial charge is 0.106 e. The quantitative estimate of drug-likeness (QED) is 0.835. The molecule has 1 aromatic rings. The summed E-state index contributed by atoms with van der Waals surface area (Å²) in [5.74, 6) is 0.626. The Balaban J connectivity index is 2.08. The molecule has 1 saturated carbocycles. The first-order valence-electron chi connectivity index (χ1n) is 5.65. The summed E-state index contributed by atoms with van der Waals surface area (Å²) in [6, 6.07) is 6.10. The fraction of sp³-hybridized carbons (Fsp3) is 0.583. The van der Waals surface area contributed by atoms with Gasteiger partial charge in [-0.3, -0.25) is 0 Å². The van der Waals surface area contributed by atoms with Gasteiger partial charge in [0.05, 0.1) is 5.69 Å². The van der Waals surface area contributed by atoms with E-state index in [1.54, 1.807) is 0 Å². The van der Waals surface area contributed by atoms with Crippen molar-refractivity contribution in [3.8, 4) is 0 Å². The maximum atomic E-state index is 6.26. The van der Waals surface area contributed by atoms with Crippen LogP contribution in [0, 0.1) is 5.92 Å². The van der Waals surface area contributed by atoms with Crippen LogP contribution in [-0.4, -0.2) is 4.98 Å². The van der Waals surface area contributed by atoms with E-state index >= 15 is 0 Å². The second-order valence-corrected chi connectivity index (χ2v) is 5.12. The molecule has 0 aromatic carbocycles. The summed E-state index contributed by atoms with van der Waals surface area (Å²) in [6.07, 6.45) is 6.54. The van der Waals surface area contributed by atoms with E-state index in [-0.39, 0.29) is 6.04 Å². The standard InChI is InChI=1S/C12H17BrN2/c13-11-8-4-7-10(15-11)12(14)9-5-2-1-3-6-9/h4,7-9,12H,1-3,5-6,14H2/t12-/m1/s1. The molecule has 0 unspecified atom stereocenters. The molecular weight excluding hydrogens is 252 g/mol. The Kier molecular flexibility index (Phi) is 3.76. The molecule has 1 fully saturated rings. The largest absolute Gasteiger partial charge is 0.322 e. The Hall–Kier alpha value is -0.410. The lowest BCUT2D eigenvalue weighted by atomic mass is 9.83. The molecule has 0 radical (unpaired) electrons. The molecule has 2 nitrogen and oxygen atoms in total. The van der Waals surface area contributed by atoms with Crippen molar-refractivity contribution in [2.24, 2.45) is 11.7 Å². The van der Waals surface area contributed by atoms with Crippen LogP contribution in [0.25, 0.3) is 0 Å². The van der Waals surface area contributed by atoms with Crippen LogP contribution in [0.5, 0.6) is 0 Å². The van der Waals surface area contributed by atoms with Gasteiger partial charge in [0.25, 0.3) is 0 Å². The van der Waals surface area contributed by atoms with Gasteiger partial charge in [0.15, 0.2) is 0 Å². The van der Waals surface area contributed by atoms with Gasteiger partial charge in [0.2, 0.25) is 0 Å². The van der Waals surface area contributed by atoms with E-state index in [0.717, 1.165) is 10.3 Å². The molecular formula is C12H17BrN2. The third kappa shape index (κ3) is 2.79. The van der Waals surface area contributed by atoms with Crippen LogP contribution in [0.2, 0.25) is 0 Å². The topological polar surface area (TPSA) is 38.9 Å². The SMILES string of the molecule is N[C@@H](c1cccc(Br)n1)C1CCCCC1. The zero-order valence-electron chi connectivity index (χ0n) is 8.82. The zero-order valence-corrected chi connectivity index (χ0v) is 10.4. The van der Waals surface area contributed by atoms with E-state index in [9.17, 15) is 0 Å². The predicted octanol–water partition coefficient (Wildman–Crippen LogP) is 3.42. The first-order chi connectivity index (χ1) is 7.27. The van der Waals surface area contributed by atoms with Crippen LogP contribution in [0.1, 0.15) is 43.8 Å². The second kappa shape index (κ2) is 5.08. The monoisotopic (exact) mass is 268 g/mol. The van der Waals surface area contributed by atoms with Gasteiger partial charge in [-0.05, 0) is 46.8 Å². The van der Waals surface area contributed by atoms with E-state index in [0.29, 0.717) is 5.92 Å². The highest BCUT2D eigenvalue weighted by atomic mass is 79.9. The molecule has 0 amide bonds. The van der Waals surface area contributed by atoms with Gasteiger partial charge in [-0.2, -0.15) is 0 Å². The van der Waals surface area contributed by atoms with E-state index < -0.39 is 0 Å². The number of rotatable bonds is 2. The number of hydrogen-bond acceptors (Lipinski definition) is 2. The molecule has 0 spiro atoms. The molecule has 1 aliphatic carbocycles. The van der Waals surface area contributed by atoms with Gasteiger partial charge in [0.1, 0.15) is 4.60 Å². The van der Waals surface area contributed by atoms with Crippen molar-refractivity contribution in [1.82, 2.24) is 4.98 Å². The average Bonchev–Trinajstić information content (AvgIpc) is 2.29. The minimum absolute atomic E-state index is 0.114. The fourth-order valence-corrected chi connectivity index (χ4v) is 2.70. The van der Waals surface area contributed by atoms with Crippen molar-refractivity contribution in [3.05, 3.63) is 28.5 Å². The van der Waals surface area contributed by atoms with Crippen molar-refractivity contribution in [1.29, 1.82) is 0 Å². The molecule has 2 N–H and O–H groups in total. The van der Waals surface area contributed by atoms with Gasteiger partial charge in [-0.15, -0.1) is 0 Å². The van der Waals surface area contributed by atoms with Crippen molar-refractivity contribution in [2.45, 2.75) is 38.1 Å². The van der Waals surface area contributed by atoms with E-state index in [4.69, 9.17) is 5.73 Å². The van der Waals surface area contributed by atoms with E-state index in [1.165, 1.54) is 32.1 Å². The summed E-state index contributed by atoms with van der Waals surface area (Å²) in [7, 11) is 0. The van der Waals surface area contributed by atoms with E-state index in [1.807, 2.05) is 18.2 Å². The summed E-state index contributed by atoms with van der Waals surface area (Å²) in [5, 5.41) is 0. The average molecular weight is 269 g/mol. The molecule has 2 rings (SSSR count). The third-order valence-electron chi connectivity index (χ3n) is 3.24.